The van der Waals surface area contributed by atoms with Crippen LogP contribution < -0.4 is 4.72 Å². The van der Waals surface area contributed by atoms with E-state index in [2.05, 4.69) is 4.72 Å². The van der Waals surface area contributed by atoms with Gasteiger partial charge in [0.25, 0.3) is 10.0 Å². The second-order valence-electron chi connectivity index (χ2n) is 5.54. The zero-order valence-corrected chi connectivity index (χ0v) is 13.8. The number of sulfonamides is 1. The zero-order valence-electron chi connectivity index (χ0n) is 12.1. The van der Waals surface area contributed by atoms with Gasteiger partial charge in [0.05, 0.1) is 11.3 Å². The van der Waals surface area contributed by atoms with E-state index in [0.717, 1.165) is 30.2 Å². The monoisotopic (exact) mass is 361 g/mol. The fraction of sp³-hybridized carbons (Fsp3) is 0.333. The van der Waals surface area contributed by atoms with Crippen LogP contribution in [0.15, 0.2) is 33.9 Å². The van der Waals surface area contributed by atoms with Crippen molar-refractivity contribution in [3.63, 3.8) is 0 Å². The van der Waals surface area contributed by atoms with Crippen molar-refractivity contribution in [1.82, 2.24) is 0 Å². The van der Waals surface area contributed by atoms with Crippen molar-refractivity contribution >= 4 is 27.0 Å². The fourth-order valence-corrected chi connectivity index (χ4v) is 5.15. The predicted molar refractivity (Wildman–Crippen MR) is 83.3 cm³/mol. The van der Waals surface area contributed by atoms with E-state index in [4.69, 9.17) is 0 Å². The number of aryl methyl sites for hydroxylation is 1. The molecule has 0 spiro atoms. The summed E-state index contributed by atoms with van der Waals surface area (Å²) < 4.78 is 66.9. The van der Waals surface area contributed by atoms with E-state index >= 15 is 0 Å². The third-order valence-electron chi connectivity index (χ3n) is 3.72. The molecular formula is C15H14F3NO2S2. The number of hydrogen-bond acceptors (Lipinski definition) is 3. The summed E-state index contributed by atoms with van der Waals surface area (Å²) in [5.41, 5.74) is -0.712. The van der Waals surface area contributed by atoms with E-state index in [1.165, 1.54) is 19.1 Å². The molecule has 0 radical (unpaired) electrons. The molecule has 0 saturated heterocycles. The minimum Gasteiger partial charge on any atom is -0.278 e. The SMILES string of the molecule is Cc1cccc(NS(=O)(=O)c2sccc2C2CC2)c1C(F)(F)F. The van der Waals surface area contributed by atoms with Crippen molar-refractivity contribution in [2.75, 3.05) is 4.72 Å². The molecule has 1 saturated carbocycles. The first-order valence-corrected chi connectivity index (χ1v) is 9.33. The molecule has 0 bridgehead atoms. The van der Waals surface area contributed by atoms with Crippen LogP contribution in [0, 0.1) is 6.92 Å². The van der Waals surface area contributed by atoms with Gasteiger partial charge in [-0.25, -0.2) is 8.42 Å². The number of alkyl halides is 3. The summed E-state index contributed by atoms with van der Waals surface area (Å²) in [5, 5.41) is 1.66. The summed E-state index contributed by atoms with van der Waals surface area (Å²) in [6, 6.07) is 5.58. The van der Waals surface area contributed by atoms with E-state index in [-0.39, 0.29) is 15.7 Å². The molecule has 1 aliphatic carbocycles. The molecule has 8 heteroatoms. The minimum absolute atomic E-state index is 0.0219. The third kappa shape index (κ3) is 3.23. The molecule has 3 rings (SSSR count). The average Bonchev–Trinajstić information content (AvgIpc) is 3.13. The number of anilines is 1. The van der Waals surface area contributed by atoms with E-state index in [1.807, 2.05) is 0 Å². The van der Waals surface area contributed by atoms with Gasteiger partial charge in [-0.15, -0.1) is 11.3 Å². The Hall–Kier alpha value is -1.54. The molecule has 1 N–H and O–H groups in total. The Balaban J connectivity index is 2.02. The van der Waals surface area contributed by atoms with Crippen LogP contribution in [0.3, 0.4) is 0 Å². The van der Waals surface area contributed by atoms with Gasteiger partial charge in [-0.2, -0.15) is 13.2 Å². The molecule has 23 heavy (non-hydrogen) atoms. The van der Waals surface area contributed by atoms with E-state index < -0.39 is 27.5 Å². The van der Waals surface area contributed by atoms with Gasteiger partial charge >= 0.3 is 6.18 Å². The van der Waals surface area contributed by atoms with Crippen LogP contribution in [0.2, 0.25) is 0 Å². The lowest BCUT2D eigenvalue weighted by molar-refractivity contribution is -0.137. The Morgan fingerprint density at radius 1 is 1.22 bits per heavy atom. The van der Waals surface area contributed by atoms with E-state index in [0.29, 0.717) is 5.56 Å². The molecule has 1 heterocycles. The maximum absolute atomic E-state index is 13.2. The van der Waals surface area contributed by atoms with E-state index in [9.17, 15) is 21.6 Å². The highest BCUT2D eigenvalue weighted by molar-refractivity contribution is 7.94. The largest absolute Gasteiger partial charge is 0.418 e. The molecule has 0 aliphatic heterocycles. The average molecular weight is 361 g/mol. The van der Waals surface area contributed by atoms with E-state index in [1.54, 1.807) is 11.4 Å². The molecule has 1 aromatic carbocycles. The number of nitrogens with one attached hydrogen (secondary N) is 1. The summed E-state index contributed by atoms with van der Waals surface area (Å²) in [6.45, 7) is 1.31. The molecule has 0 amide bonds. The Bertz CT molecular complexity index is 837. The topological polar surface area (TPSA) is 46.2 Å². The highest BCUT2D eigenvalue weighted by Gasteiger charge is 2.37. The van der Waals surface area contributed by atoms with Gasteiger partial charge in [0, 0.05) is 0 Å². The van der Waals surface area contributed by atoms with Crippen molar-refractivity contribution in [1.29, 1.82) is 0 Å². The highest BCUT2D eigenvalue weighted by atomic mass is 32.2. The van der Waals surface area contributed by atoms with Crippen LogP contribution in [-0.2, 0) is 16.2 Å². The Kier molecular flexibility index (Phi) is 3.92. The molecule has 2 aromatic rings. The summed E-state index contributed by atoms with van der Waals surface area (Å²) in [6.07, 6.45) is -2.80. The maximum atomic E-state index is 13.2. The van der Waals surface area contributed by atoms with Gasteiger partial charge in [0.2, 0.25) is 0 Å². The van der Waals surface area contributed by atoms with Crippen molar-refractivity contribution < 1.29 is 21.6 Å². The normalized spacial score (nSPS) is 15.7. The highest BCUT2D eigenvalue weighted by Crippen LogP contribution is 2.45. The van der Waals surface area contributed by atoms with Crippen LogP contribution in [0.5, 0.6) is 0 Å². The minimum atomic E-state index is -4.63. The molecule has 3 nitrogen and oxygen atoms in total. The number of thiophene rings is 1. The third-order valence-corrected chi connectivity index (χ3v) is 6.60. The van der Waals surface area contributed by atoms with Crippen LogP contribution in [0.1, 0.15) is 35.4 Å². The Morgan fingerprint density at radius 3 is 2.52 bits per heavy atom. The summed E-state index contributed by atoms with van der Waals surface area (Å²) in [5.74, 6) is 0.201. The van der Waals surface area contributed by atoms with Crippen LogP contribution in [-0.4, -0.2) is 8.42 Å². The quantitative estimate of drug-likeness (QED) is 0.854. The van der Waals surface area contributed by atoms with Gasteiger partial charge in [-0.05, 0) is 54.3 Å². The van der Waals surface area contributed by atoms with Gasteiger partial charge in [-0.1, -0.05) is 12.1 Å². The fourth-order valence-electron chi connectivity index (χ4n) is 2.54. The molecule has 1 fully saturated rings. The lowest BCUT2D eigenvalue weighted by Crippen LogP contribution is -2.18. The molecular weight excluding hydrogens is 347 g/mol. The van der Waals surface area contributed by atoms with Crippen molar-refractivity contribution in [2.24, 2.45) is 0 Å². The smallest absolute Gasteiger partial charge is 0.278 e. The summed E-state index contributed by atoms with van der Waals surface area (Å²) in [7, 11) is -4.04. The zero-order chi connectivity index (χ0) is 16.8. The van der Waals surface area contributed by atoms with Crippen molar-refractivity contribution in [2.45, 2.75) is 36.1 Å². The van der Waals surface area contributed by atoms with Gasteiger partial charge in [0.1, 0.15) is 4.21 Å². The first-order valence-electron chi connectivity index (χ1n) is 6.97. The molecule has 1 aromatic heterocycles. The predicted octanol–water partition coefficient (Wildman–Crippen LogP) is 4.75. The second kappa shape index (κ2) is 5.52. The molecule has 124 valence electrons. The van der Waals surface area contributed by atoms with Gasteiger partial charge in [-0.3, -0.25) is 4.72 Å². The van der Waals surface area contributed by atoms with Crippen molar-refractivity contribution in [3.8, 4) is 0 Å². The Morgan fingerprint density at radius 2 is 1.91 bits per heavy atom. The van der Waals surface area contributed by atoms with Crippen LogP contribution in [0.4, 0.5) is 18.9 Å². The lowest BCUT2D eigenvalue weighted by atomic mass is 10.1. The molecule has 1 aliphatic rings. The van der Waals surface area contributed by atoms with Crippen molar-refractivity contribution in [3.05, 3.63) is 46.3 Å². The number of hydrogen-bond donors (Lipinski definition) is 1. The van der Waals surface area contributed by atoms with Crippen LogP contribution >= 0.6 is 11.3 Å². The van der Waals surface area contributed by atoms with Crippen LogP contribution in [0.25, 0.3) is 0 Å². The first-order chi connectivity index (χ1) is 10.7. The number of halogens is 3. The lowest BCUT2D eigenvalue weighted by Gasteiger charge is -2.17. The van der Waals surface area contributed by atoms with Gasteiger partial charge < -0.3 is 0 Å². The summed E-state index contributed by atoms with van der Waals surface area (Å²) in [4.78, 5) is 0. The standard InChI is InChI=1S/C15H14F3NO2S2/c1-9-3-2-4-12(13(9)15(16,17)18)19-23(20,21)14-11(7-8-22-14)10-5-6-10/h2-4,7-8,10,19H,5-6H2,1H3. The Labute approximate surface area is 136 Å². The number of rotatable bonds is 4. The first kappa shape index (κ1) is 16.3. The summed E-state index contributed by atoms with van der Waals surface area (Å²) >= 11 is 1.03. The second-order valence-corrected chi connectivity index (χ2v) is 8.33. The maximum Gasteiger partial charge on any atom is 0.418 e. The molecule has 0 atom stereocenters. The molecule has 0 unspecified atom stereocenters. The van der Waals surface area contributed by atoms with Gasteiger partial charge in [0.15, 0.2) is 0 Å². The number of benzene rings is 1.